The van der Waals surface area contributed by atoms with E-state index in [1.54, 1.807) is 0 Å². The van der Waals surface area contributed by atoms with Crippen LogP contribution in [0.2, 0.25) is 0 Å². The van der Waals surface area contributed by atoms with Crippen LogP contribution in [0.25, 0.3) is 0 Å². The van der Waals surface area contributed by atoms with Crippen LogP contribution in [0.4, 0.5) is 0 Å². The van der Waals surface area contributed by atoms with Crippen LogP contribution in [0.15, 0.2) is 24.3 Å². The van der Waals surface area contributed by atoms with Crippen LogP contribution < -0.4 is 10.1 Å². The van der Waals surface area contributed by atoms with Crippen LogP contribution in [0, 0.1) is 0 Å². The summed E-state index contributed by atoms with van der Waals surface area (Å²) in [5.74, 6) is 0.437. The molecule has 0 bridgehead atoms. The number of carbonyl (C=O) groups excluding carboxylic acids is 1. The van der Waals surface area contributed by atoms with Gasteiger partial charge in [-0.2, -0.15) is 0 Å². The molecule has 1 unspecified atom stereocenters. The number of benzene rings is 1. The van der Waals surface area contributed by atoms with Gasteiger partial charge in [-0.25, -0.2) is 0 Å². The highest BCUT2D eigenvalue weighted by molar-refractivity contribution is 5.77. The van der Waals surface area contributed by atoms with E-state index in [9.17, 15) is 4.79 Å². The third kappa shape index (κ3) is 3.70. The van der Waals surface area contributed by atoms with Crippen molar-refractivity contribution in [2.75, 3.05) is 19.7 Å². The van der Waals surface area contributed by atoms with Gasteiger partial charge in [0.1, 0.15) is 11.9 Å². The molecule has 0 aromatic heterocycles. The predicted molar refractivity (Wildman–Crippen MR) is 73.4 cm³/mol. The maximum absolute atomic E-state index is 11.6. The quantitative estimate of drug-likeness (QED) is 0.826. The zero-order valence-corrected chi connectivity index (χ0v) is 11.5. The molecule has 0 radical (unpaired) electrons. The lowest BCUT2D eigenvalue weighted by molar-refractivity contribution is -0.144. The van der Waals surface area contributed by atoms with Gasteiger partial charge in [-0.15, -0.1) is 0 Å². The minimum absolute atomic E-state index is 0.184. The zero-order chi connectivity index (χ0) is 13.7. The van der Waals surface area contributed by atoms with E-state index >= 15 is 0 Å². The number of ether oxygens (including phenoxy) is 2. The second-order valence-corrected chi connectivity index (χ2v) is 4.78. The third-order valence-corrected chi connectivity index (χ3v) is 3.34. The summed E-state index contributed by atoms with van der Waals surface area (Å²) >= 11 is 0. The number of hydrogen-bond acceptors (Lipinski definition) is 4. The van der Waals surface area contributed by atoms with Gasteiger partial charge >= 0.3 is 5.97 Å². The highest BCUT2D eigenvalue weighted by atomic mass is 16.5. The summed E-state index contributed by atoms with van der Waals surface area (Å²) in [6.45, 7) is 6.01. The molecule has 1 N–H and O–H groups in total. The molecule has 19 heavy (non-hydrogen) atoms. The molecule has 0 spiro atoms. The second kappa shape index (κ2) is 6.57. The van der Waals surface area contributed by atoms with Gasteiger partial charge in [0, 0.05) is 6.54 Å². The predicted octanol–water partition coefficient (Wildman–Crippen LogP) is 2.09. The number of nitrogens with one attached hydrogen (secondary N) is 1. The summed E-state index contributed by atoms with van der Waals surface area (Å²) in [7, 11) is 0. The summed E-state index contributed by atoms with van der Waals surface area (Å²) in [6.07, 6.45) is 1.30. The number of rotatable bonds is 5. The lowest BCUT2D eigenvalue weighted by Gasteiger charge is -2.14. The Morgan fingerprint density at radius 2 is 2.16 bits per heavy atom. The summed E-state index contributed by atoms with van der Waals surface area (Å²) in [4.78, 5) is 11.6. The van der Waals surface area contributed by atoms with E-state index in [0.717, 1.165) is 30.8 Å². The van der Waals surface area contributed by atoms with Gasteiger partial charge in [-0.1, -0.05) is 12.1 Å². The fourth-order valence-corrected chi connectivity index (χ4v) is 2.16. The Hall–Kier alpha value is -1.55. The molecular weight excluding hydrogens is 242 g/mol. The SMILES string of the molecule is CCOC(=O)[C@H](C)c1ccc(OC2CCNC2)cc1. The first kappa shape index (κ1) is 13.9. The lowest BCUT2D eigenvalue weighted by Crippen LogP contribution is -2.19. The molecule has 0 aliphatic carbocycles. The smallest absolute Gasteiger partial charge is 0.313 e. The van der Waals surface area contributed by atoms with Crippen molar-refractivity contribution in [1.82, 2.24) is 5.32 Å². The number of esters is 1. The van der Waals surface area contributed by atoms with Crippen molar-refractivity contribution in [3.05, 3.63) is 29.8 Å². The van der Waals surface area contributed by atoms with Crippen LogP contribution in [0.3, 0.4) is 0 Å². The molecule has 0 saturated carbocycles. The molecule has 1 saturated heterocycles. The Bertz CT molecular complexity index is 410. The molecule has 1 fully saturated rings. The largest absolute Gasteiger partial charge is 0.489 e. The van der Waals surface area contributed by atoms with E-state index in [0.29, 0.717) is 6.61 Å². The maximum atomic E-state index is 11.6. The summed E-state index contributed by atoms with van der Waals surface area (Å²) in [6, 6.07) is 7.70. The van der Waals surface area contributed by atoms with Crippen molar-refractivity contribution in [2.24, 2.45) is 0 Å². The van der Waals surface area contributed by atoms with Gasteiger partial charge in [-0.05, 0) is 44.5 Å². The van der Waals surface area contributed by atoms with E-state index in [1.807, 2.05) is 38.1 Å². The molecule has 0 amide bonds. The standard InChI is InChI=1S/C15H21NO3/c1-3-18-15(17)11(2)12-4-6-13(7-5-12)19-14-8-9-16-10-14/h4-7,11,14,16H,3,8-10H2,1-2H3/t11-,14?/m1/s1. The molecule has 1 heterocycles. The van der Waals surface area contributed by atoms with E-state index in [-0.39, 0.29) is 18.0 Å². The lowest BCUT2D eigenvalue weighted by atomic mass is 10.0. The minimum atomic E-state index is -0.234. The maximum Gasteiger partial charge on any atom is 0.313 e. The van der Waals surface area contributed by atoms with Crippen molar-refractivity contribution in [2.45, 2.75) is 32.3 Å². The van der Waals surface area contributed by atoms with E-state index in [1.165, 1.54) is 0 Å². The van der Waals surface area contributed by atoms with Crippen molar-refractivity contribution in [3.63, 3.8) is 0 Å². The van der Waals surface area contributed by atoms with E-state index in [2.05, 4.69) is 5.32 Å². The molecule has 1 aromatic carbocycles. The van der Waals surface area contributed by atoms with Gasteiger partial charge < -0.3 is 14.8 Å². The fraction of sp³-hybridized carbons (Fsp3) is 0.533. The zero-order valence-electron chi connectivity index (χ0n) is 11.5. The molecular formula is C15H21NO3. The van der Waals surface area contributed by atoms with Crippen LogP contribution in [0.1, 0.15) is 31.7 Å². The summed E-state index contributed by atoms with van der Waals surface area (Å²) in [5, 5.41) is 3.26. The normalized spacial score (nSPS) is 20.0. The minimum Gasteiger partial charge on any atom is -0.489 e. The highest BCUT2D eigenvalue weighted by Crippen LogP contribution is 2.21. The molecule has 4 nitrogen and oxygen atoms in total. The van der Waals surface area contributed by atoms with Crippen LogP contribution in [-0.2, 0) is 9.53 Å². The highest BCUT2D eigenvalue weighted by Gasteiger charge is 2.18. The molecule has 2 rings (SSSR count). The fourth-order valence-electron chi connectivity index (χ4n) is 2.16. The first-order valence-electron chi connectivity index (χ1n) is 6.84. The molecule has 1 aromatic rings. The van der Waals surface area contributed by atoms with Crippen LogP contribution in [0.5, 0.6) is 5.75 Å². The molecule has 104 valence electrons. The number of carbonyl (C=O) groups is 1. The first-order chi connectivity index (χ1) is 9.20. The third-order valence-electron chi connectivity index (χ3n) is 3.34. The molecule has 1 aliphatic heterocycles. The van der Waals surface area contributed by atoms with Crippen molar-refractivity contribution in [3.8, 4) is 5.75 Å². The Morgan fingerprint density at radius 3 is 2.74 bits per heavy atom. The average molecular weight is 263 g/mol. The monoisotopic (exact) mass is 263 g/mol. The Labute approximate surface area is 114 Å². The van der Waals surface area contributed by atoms with Crippen molar-refractivity contribution < 1.29 is 14.3 Å². The van der Waals surface area contributed by atoms with E-state index in [4.69, 9.17) is 9.47 Å². The second-order valence-electron chi connectivity index (χ2n) is 4.78. The van der Waals surface area contributed by atoms with Crippen LogP contribution in [-0.4, -0.2) is 31.8 Å². The van der Waals surface area contributed by atoms with Gasteiger partial charge in [0.15, 0.2) is 0 Å². The van der Waals surface area contributed by atoms with E-state index < -0.39 is 0 Å². The van der Waals surface area contributed by atoms with Gasteiger partial charge in [0.05, 0.1) is 12.5 Å². The van der Waals surface area contributed by atoms with Crippen molar-refractivity contribution >= 4 is 5.97 Å². The summed E-state index contributed by atoms with van der Waals surface area (Å²) < 4.78 is 10.9. The van der Waals surface area contributed by atoms with Gasteiger partial charge in [0.25, 0.3) is 0 Å². The number of hydrogen-bond donors (Lipinski definition) is 1. The van der Waals surface area contributed by atoms with Crippen LogP contribution >= 0.6 is 0 Å². The Kier molecular flexibility index (Phi) is 4.80. The van der Waals surface area contributed by atoms with Gasteiger partial charge in [0.2, 0.25) is 0 Å². The summed E-state index contributed by atoms with van der Waals surface area (Å²) in [5.41, 5.74) is 0.954. The first-order valence-corrected chi connectivity index (χ1v) is 6.84. The Morgan fingerprint density at radius 1 is 1.42 bits per heavy atom. The molecule has 1 aliphatic rings. The Balaban J connectivity index is 1.95. The van der Waals surface area contributed by atoms with Crippen molar-refractivity contribution in [1.29, 1.82) is 0 Å². The topological polar surface area (TPSA) is 47.6 Å². The molecule has 2 atom stereocenters. The molecule has 4 heteroatoms. The van der Waals surface area contributed by atoms with Gasteiger partial charge in [-0.3, -0.25) is 4.79 Å². The average Bonchev–Trinajstić information content (AvgIpc) is 2.92.